The average molecular weight is 267 g/mol. The number of benzene rings is 1. The van der Waals surface area contributed by atoms with Gasteiger partial charge in [0.2, 0.25) is 5.78 Å². The van der Waals surface area contributed by atoms with Crippen molar-refractivity contribution in [3.8, 4) is 5.75 Å². The van der Waals surface area contributed by atoms with Gasteiger partial charge in [-0.3, -0.25) is 9.59 Å². The molecule has 1 aromatic rings. The normalized spacial score (nSPS) is 14.9. The molecule has 0 fully saturated rings. The van der Waals surface area contributed by atoms with Crippen LogP contribution < -0.4 is 0 Å². The Morgan fingerprint density at radius 3 is 2.53 bits per heavy atom. The van der Waals surface area contributed by atoms with Gasteiger partial charge in [-0.1, -0.05) is 6.07 Å². The van der Waals surface area contributed by atoms with Crippen LogP contribution in [0.1, 0.15) is 26.3 Å². The van der Waals surface area contributed by atoms with Crippen molar-refractivity contribution in [1.29, 1.82) is 0 Å². The molecule has 0 unspecified atom stereocenters. The summed E-state index contributed by atoms with van der Waals surface area (Å²) in [7, 11) is 0. The predicted octanol–water partition coefficient (Wildman–Crippen LogP) is 2.36. The summed E-state index contributed by atoms with van der Waals surface area (Å²) in [6.07, 6.45) is 1.18. The van der Waals surface area contributed by atoms with Gasteiger partial charge in [0.25, 0.3) is 0 Å². The molecule has 1 N–H and O–H groups in total. The van der Waals surface area contributed by atoms with Crippen LogP contribution in [-0.2, 0) is 0 Å². The van der Waals surface area contributed by atoms with Crippen molar-refractivity contribution < 1.29 is 14.7 Å². The number of fused-ring (bicyclic) bond motifs is 1. The van der Waals surface area contributed by atoms with Gasteiger partial charge in [-0.05, 0) is 34.5 Å². The molecule has 0 spiro atoms. The summed E-state index contributed by atoms with van der Waals surface area (Å²) in [5.41, 5.74) is 1.07. The van der Waals surface area contributed by atoms with Gasteiger partial charge in [0.15, 0.2) is 5.78 Å². The number of allylic oxidation sites excluding steroid dienone is 2. The van der Waals surface area contributed by atoms with Gasteiger partial charge in [-0.15, -0.1) is 0 Å². The summed E-state index contributed by atoms with van der Waals surface area (Å²) in [5, 5.41) is 9.54. The number of hydrogen-bond acceptors (Lipinski definition) is 3. The van der Waals surface area contributed by atoms with Crippen LogP contribution in [0, 0.1) is 6.92 Å². The zero-order valence-electron chi connectivity index (χ0n) is 7.87. The lowest BCUT2D eigenvalue weighted by molar-refractivity contribution is 0.0989. The maximum atomic E-state index is 11.8. The van der Waals surface area contributed by atoms with Crippen molar-refractivity contribution in [2.24, 2.45) is 0 Å². The van der Waals surface area contributed by atoms with Crippen LogP contribution in [0.2, 0.25) is 0 Å². The zero-order chi connectivity index (χ0) is 11.2. The number of phenolic OH excluding ortho intramolecular Hbond substituents is 1. The Balaban J connectivity index is 2.82. The first kappa shape index (κ1) is 10.1. The fourth-order valence-electron chi connectivity index (χ4n) is 1.61. The molecule has 1 aliphatic rings. The molecule has 0 saturated heterocycles. The van der Waals surface area contributed by atoms with Crippen LogP contribution in [0.5, 0.6) is 5.75 Å². The molecule has 3 nitrogen and oxygen atoms in total. The Bertz CT molecular complexity index is 515. The maximum Gasteiger partial charge on any atom is 0.201 e. The largest absolute Gasteiger partial charge is 0.507 e. The smallest absolute Gasteiger partial charge is 0.201 e. The van der Waals surface area contributed by atoms with E-state index in [1.807, 2.05) is 0 Å². The first-order valence-electron chi connectivity index (χ1n) is 4.31. The first-order chi connectivity index (χ1) is 7.02. The summed E-state index contributed by atoms with van der Waals surface area (Å²) in [4.78, 5) is 23.4. The summed E-state index contributed by atoms with van der Waals surface area (Å²) < 4.78 is 0.230. The standard InChI is InChI=1S/C11H7BrO3/c1-5-2-3-7(13)10-8(14)4-6(12)11(15)9(5)10/h2-4,13H,1H3. The number of carbonyl (C=O) groups is 2. The lowest BCUT2D eigenvalue weighted by atomic mass is 9.90. The van der Waals surface area contributed by atoms with Crippen molar-refractivity contribution in [3.63, 3.8) is 0 Å². The monoisotopic (exact) mass is 266 g/mol. The van der Waals surface area contributed by atoms with Crippen LogP contribution in [-0.4, -0.2) is 16.7 Å². The van der Waals surface area contributed by atoms with Crippen molar-refractivity contribution >= 4 is 27.5 Å². The molecule has 0 aromatic heterocycles. The number of aryl methyl sites for hydroxylation is 1. The molecule has 15 heavy (non-hydrogen) atoms. The van der Waals surface area contributed by atoms with Gasteiger partial charge in [0.05, 0.1) is 10.0 Å². The minimum absolute atomic E-state index is 0.100. The van der Waals surface area contributed by atoms with Gasteiger partial charge in [0.1, 0.15) is 5.75 Å². The van der Waals surface area contributed by atoms with E-state index in [9.17, 15) is 14.7 Å². The summed E-state index contributed by atoms with van der Waals surface area (Å²) in [6, 6.07) is 3.04. The molecule has 0 amide bonds. The van der Waals surface area contributed by atoms with Gasteiger partial charge < -0.3 is 5.11 Å². The van der Waals surface area contributed by atoms with Crippen molar-refractivity contribution in [3.05, 3.63) is 39.4 Å². The summed E-state index contributed by atoms with van der Waals surface area (Å²) >= 11 is 3.03. The Kier molecular flexibility index (Phi) is 2.23. The molecule has 1 aliphatic carbocycles. The van der Waals surface area contributed by atoms with E-state index >= 15 is 0 Å². The quantitative estimate of drug-likeness (QED) is 0.785. The van der Waals surface area contributed by atoms with E-state index in [1.165, 1.54) is 12.1 Å². The second kappa shape index (κ2) is 3.31. The minimum Gasteiger partial charge on any atom is -0.507 e. The Morgan fingerprint density at radius 1 is 1.20 bits per heavy atom. The predicted molar refractivity (Wildman–Crippen MR) is 58.5 cm³/mol. The molecule has 0 atom stereocenters. The lowest BCUT2D eigenvalue weighted by Crippen LogP contribution is -2.16. The van der Waals surface area contributed by atoms with E-state index in [-0.39, 0.29) is 32.9 Å². The van der Waals surface area contributed by atoms with Gasteiger partial charge >= 0.3 is 0 Å². The van der Waals surface area contributed by atoms with E-state index < -0.39 is 0 Å². The third-order valence-corrected chi connectivity index (χ3v) is 2.93. The van der Waals surface area contributed by atoms with Gasteiger partial charge in [-0.2, -0.15) is 0 Å². The van der Waals surface area contributed by atoms with E-state index in [0.717, 1.165) is 0 Å². The molecule has 76 valence electrons. The SMILES string of the molecule is Cc1ccc(O)c2c1C(=O)C(Br)=CC2=O. The number of ketones is 2. The van der Waals surface area contributed by atoms with Crippen LogP contribution in [0.15, 0.2) is 22.7 Å². The van der Waals surface area contributed by atoms with Gasteiger partial charge in [-0.25, -0.2) is 0 Å². The molecule has 0 radical (unpaired) electrons. The molecule has 2 rings (SSSR count). The lowest BCUT2D eigenvalue weighted by Gasteiger charge is -2.15. The zero-order valence-corrected chi connectivity index (χ0v) is 9.46. The summed E-state index contributed by atoms with van der Waals surface area (Å²) in [6.45, 7) is 1.73. The molecular weight excluding hydrogens is 260 g/mol. The number of rotatable bonds is 0. The minimum atomic E-state index is -0.349. The second-order valence-corrected chi connectivity index (χ2v) is 4.19. The number of aromatic hydroxyl groups is 1. The number of carbonyl (C=O) groups excluding carboxylic acids is 2. The maximum absolute atomic E-state index is 11.8. The number of Topliss-reactive ketones (excluding diaryl/α,β-unsaturated/α-hetero) is 1. The first-order valence-corrected chi connectivity index (χ1v) is 5.10. The molecule has 1 aromatic carbocycles. The highest BCUT2D eigenvalue weighted by Crippen LogP contribution is 2.32. The number of halogens is 1. The number of hydrogen-bond donors (Lipinski definition) is 1. The van der Waals surface area contributed by atoms with E-state index in [2.05, 4.69) is 15.9 Å². The molecule has 0 heterocycles. The second-order valence-electron chi connectivity index (χ2n) is 3.34. The van der Waals surface area contributed by atoms with E-state index in [0.29, 0.717) is 5.56 Å². The number of phenols is 1. The van der Waals surface area contributed by atoms with Crippen LogP contribution in [0.4, 0.5) is 0 Å². The fraction of sp³-hybridized carbons (Fsp3) is 0.0909. The van der Waals surface area contributed by atoms with Crippen molar-refractivity contribution in [2.45, 2.75) is 6.92 Å². The molecular formula is C11H7BrO3. The van der Waals surface area contributed by atoms with Crippen LogP contribution in [0.3, 0.4) is 0 Å². The topological polar surface area (TPSA) is 54.4 Å². The third kappa shape index (κ3) is 1.41. The molecule has 4 heteroatoms. The summed E-state index contributed by atoms with van der Waals surface area (Å²) in [5.74, 6) is -0.763. The average Bonchev–Trinajstić information content (AvgIpc) is 2.18. The van der Waals surface area contributed by atoms with Crippen molar-refractivity contribution in [2.75, 3.05) is 0 Å². The highest BCUT2D eigenvalue weighted by atomic mass is 79.9. The van der Waals surface area contributed by atoms with E-state index in [1.54, 1.807) is 13.0 Å². The fourth-order valence-corrected chi connectivity index (χ4v) is 2.02. The van der Waals surface area contributed by atoms with Gasteiger partial charge in [0, 0.05) is 11.6 Å². The Hall–Kier alpha value is -1.42. The van der Waals surface area contributed by atoms with E-state index in [4.69, 9.17) is 0 Å². The third-order valence-electron chi connectivity index (χ3n) is 2.34. The molecule has 0 aliphatic heterocycles. The van der Waals surface area contributed by atoms with Crippen LogP contribution in [0.25, 0.3) is 0 Å². The Labute approximate surface area is 94.5 Å². The molecule has 0 saturated carbocycles. The Morgan fingerprint density at radius 2 is 1.87 bits per heavy atom. The highest BCUT2D eigenvalue weighted by molar-refractivity contribution is 9.12. The molecule has 0 bridgehead atoms. The highest BCUT2D eigenvalue weighted by Gasteiger charge is 2.28. The van der Waals surface area contributed by atoms with Crippen LogP contribution >= 0.6 is 15.9 Å². The van der Waals surface area contributed by atoms with Crippen molar-refractivity contribution in [1.82, 2.24) is 0 Å².